The second-order valence-electron chi connectivity index (χ2n) is 4.12. The van der Waals surface area contributed by atoms with Crippen molar-refractivity contribution in [2.24, 2.45) is 0 Å². The van der Waals surface area contributed by atoms with Gasteiger partial charge in [0.1, 0.15) is 11.6 Å². The standard InChI is InChI=1S/C14H22FNOS/c1-3-7-16-11-12-10-13(15)5-6-14(12)17-8-4-9-18-2/h5-6,10,16H,3-4,7-9,11H2,1-2H3. The van der Waals surface area contributed by atoms with E-state index in [-0.39, 0.29) is 5.82 Å². The fourth-order valence-electron chi connectivity index (χ4n) is 1.61. The molecule has 1 aromatic rings. The minimum atomic E-state index is -0.209. The van der Waals surface area contributed by atoms with E-state index in [0.29, 0.717) is 13.2 Å². The lowest BCUT2D eigenvalue weighted by Gasteiger charge is -2.12. The largest absolute Gasteiger partial charge is 0.493 e. The number of hydrogen-bond acceptors (Lipinski definition) is 3. The lowest BCUT2D eigenvalue weighted by Crippen LogP contribution is -2.15. The molecule has 0 spiro atoms. The molecular formula is C14H22FNOS. The molecule has 0 aliphatic heterocycles. The van der Waals surface area contributed by atoms with E-state index in [0.717, 1.165) is 36.5 Å². The molecule has 18 heavy (non-hydrogen) atoms. The second-order valence-corrected chi connectivity index (χ2v) is 5.11. The van der Waals surface area contributed by atoms with Crippen LogP contribution in [0.15, 0.2) is 18.2 Å². The normalized spacial score (nSPS) is 10.6. The molecule has 0 fully saturated rings. The molecule has 0 aliphatic rings. The number of rotatable bonds is 9. The van der Waals surface area contributed by atoms with Gasteiger partial charge in [0.05, 0.1) is 6.61 Å². The first-order chi connectivity index (χ1) is 8.77. The van der Waals surface area contributed by atoms with Gasteiger partial charge in [-0.15, -0.1) is 0 Å². The Morgan fingerprint density at radius 3 is 2.94 bits per heavy atom. The second kappa shape index (κ2) is 9.22. The highest BCUT2D eigenvalue weighted by Crippen LogP contribution is 2.20. The molecule has 0 saturated carbocycles. The molecule has 0 amide bonds. The van der Waals surface area contributed by atoms with E-state index < -0.39 is 0 Å². The van der Waals surface area contributed by atoms with Crippen molar-refractivity contribution in [3.05, 3.63) is 29.6 Å². The Morgan fingerprint density at radius 2 is 2.22 bits per heavy atom. The van der Waals surface area contributed by atoms with E-state index in [1.165, 1.54) is 6.07 Å². The zero-order valence-corrected chi connectivity index (χ0v) is 12.0. The summed E-state index contributed by atoms with van der Waals surface area (Å²) < 4.78 is 18.9. The van der Waals surface area contributed by atoms with Gasteiger partial charge >= 0.3 is 0 Å². The number of benzene rings is 1. The highest BCUT2D eigenvalue weighted by molar-refractivity contribution is 7.98. The van der Waals surface area contributed by atoms with Crippen molar-refractivity contribution in [1.82, 2.24) is 5.32 Å². The first kappa shape index (κ1) is 15.3. The molecule has 0 radical (unpaired) electrons. The molecule has 0 bridgehead atoms. The van der Waals surface area contributed by atoms with Crippen molar-refractivity contribution in [2.45, 2.75) is 26.3 Å². The fourth-order valence-corrected chi connectivity index (χ4v) is 2.02. The molecule has 0 heterocycles. The summed E-state index contributed by atoms with van der Waals surface area (Å²) in [6.45, 7) is 4.39. The minimum Gasteiger partial charge on any atom is -0.493 e. The number of hydrogen-bond donors (Lipinski definition) is 1. The highest BCUT2D eigenvalue weighted by Gasteiger charge is 2.05. The molecule has 102 valence electrons. The van der Waals surface area contributed by atoms with Crippen LogP contribution < -0.4 is 10.1 Å². The molecule has 0 aromatic heterocycles. The molecule has 0 atom stereocenters. The molecule has 4 heteroatoms. The maximum absolute atomic E-state index is 13.2. The zero-order valence-electron chi connectivity index (χ0n) is 11.2. The lowest BCUT2D eigenvalue weighted by molar-refractivity contribution is 0.314. The molecule has 0 saturated heterocycles. The summed E-state index contributed by atoms with van der Waals surface area (Å²) in [6.07, 6.45) is 4.16. The van der Waals surface area contributed by atoms with E-state index in [1.807, 2.05) is 11.8 Å². The van der Waals surface area contributed by atoms with Crippen molar-refractivity contribution < 1.29 is 9.13 Å². The first-order valence-corrected chi connectivity index (χ1v) is 7.78. The number of halogens is 1. The summed E-state index contributed by atoms with van der Waals surface area (Å²) in [4.78, 5) is 0. The molecule has 1 aromatic carbocycles. The number of thioether (sulfide) groups is 1. The van der Waals surface area contributed by atoms with E-state index >= 15 is 0 Å². The van der Waals surface area contributed by atoms with Crippen molar-refractivity contribution >= 4 is 11.8 Å². The number of nitrogens with one attached hydrogen (secondary N) is 1. The van der Waals surface area contributed by atoms with E-state index in [4.69, 9.17) is 4.74 Å². The SMILES string of the molecule is CCCNCc1cc(F)ccc1OCCCSC. The van der Waals surface area contributed by atoms with Crippen molar-refractivity contribution in [3.63, 3.8) is 0 Å². The number of ether oxygens (including phenoxy) is 1. The van der Waals surface area contributed by atoms with Crippen LogP contribution in [0.4, 0.5) is 4.39 Å². The van der Waals surface area contributed by atoms with Gasteiger partial charge in [-0.1, -0.05) is 6.92 Å². The summed E-state index contributed by atoms with van der Waals surface area (Å²) >= 11 is 1.81. The summed E-state index contributed by atoms with van der Waals surface area (Å²) in [5.74, 6) is 1.67. The van der Waals surface area contributed by atoms with Crippen LogP contribution in [0.5, 0.6) is 5.75 Å². The van der Waals surface area contributed by atoms with Crippen LogP contribution in [0.25, 0.3) is 0 Å². The van der Waals surface area contributed by atoms with Crippen LogP contribution in [0, 0.1) is 5.82 Å². The van der Waals surface area contributed by atoms with Crippen LogP contribution in [-0.2, 0) is 6.54 Å². The maximum Gasteiger partial charge on any atom is 0.123 e. The molecule has 0 aliphatic carbocycles. The Morgan fingerprint density at radius 1 is 1.39 bits per heavy atom. The van der Waals surface area contributed by atoms with Crippen molar-refractivity contribution in [2.75, 3.05) is 25.2 Å². The van der Waals surface area contributed by atoms with Crippen LogP contribution in [0.3, 0.4) is 0 Å². The Hall–Kier alpha value is -0.740. The monoisotopic (exact) mass is 271 g/mol. The van der Waals surface area contributed by atoms with Crippen molar-refractivity contribution in [3.8, 4) is 5.75 Å². The van der Waals surface area contributed by atoms with Gasteiger partial charge in [0.2, 0.25) is 0 Å². The van der Waals surface area contributed by atoms with Crippen LogP contribution >= 0.6 is 11.8 Å². The molecule has 0 unspecified atom stereocenters. The lowest BCUT2D eigenvalue weighted by atomic mass is 10.2. The summed E-state index contributed by atoms with van der Waals surface area (Å²) in [6, 6.07) is 4.72. The van der Waals surface area contributed by atoms with E-state index in [2.05, 4.69) is 18.5 Å². The quantitative estimate of drug-likeness (QED) is 0.695. The van der Waals surface area contributed by atoms with Crippen molar-refractivity contribution in [1.29, 1.82) is 0 Å². The Balaban J connectivity index is 2.52. The fraction of sp³-hybridized carbons (Fsp3) is 0.571. The van der Waals surface area contributed by atoms with Gasteiger partial charge in [-0.3, -0.25) is 0 Å². The van der Waals surface area contributed by atoms with Gasteiger partial charge in [-0.2, -0.15) is 11.8 Å². The summed E-state index contributed by atoms with van der Waals surface area (Å²) in [5, 5.41) is 3.27. The summed E-state index contributed by atoms with van der Waals surface area (Å²) in [7, 11) is 0. The smallest absolute Gasteiger partial charge is 0.123 e. The average Bonchev–Trinajstić information content (AvgIpc) is 2.37. The van der Waals surface area contributed by atoms with Gasteiger partial charge in [0.25, 0.3) is 0 Å². The molecular weight excluding hydrogens is 249 g/mol. The Bertz CT molecular complexity index is 347. The summed E-state index contributed by atoms with van der Waals surface area (Å²) in [5.41, 5.74) is 0.896. The van der Waals surface area contributed by atoms with Gasteiger partial charge in [-0.05, 0) is 49.6 Å². The third-order valence-corrected chi connectivity index (χ3v) is 3.21. The van der Waals surface area contributed by atoms with E-state index in [1.54, 1.807) is 12.1 Å². The topological polar surface area (TPSA) is 21.3 Å². The average molecular weight is 271 g/mol. The predicted molar refractivity (Wildman–Crippen MR) is 76.9 cm³/mol. The van der Waals surface area contributed by atoms with Crippen LogP contribution in [0.1, 0.15) is 25.3 Å². The molecule has 1 N–H and O–H groups in total. The van der Waals surface area contributed by atoms with Gasteiger partial charge in [-0.25, -0.2) is 4.39 Å². The predicted octanol–water partition coefficient (Wildman–Crippen LogP) is 3.46. The highest BCUT2D eigenvalue weighted by atomic mass is 32.2. The minimum absolute atomic E-state index is 0.209. The van der Waals surface area contributed by atoms with Gasteiger partial charge in [0, 0.05) is 12.1 Å². The van der Waals surface area contributed by atoms with Gasteiger partial charge in [0.15, 0.2) is 0 Å². The molecule has 1 rings (SSSR count). The third-order valence-electron chi connectivity index (χ3n) is 2.52. The molecule has 2 nitrogen and oxygen atoms in total. The van der Waals surface area contributed by atoms with Crippen LogP contribution in [0.2, 0.25) is 0 Å². The van der Waals surface area contributed by atoms with Crippen LogP contribution in [-0.4, -0.2) is 25.2 Å². The van der Waals surface area contributed by atoms with E-state index in [9.17, 15) is 4.39 Å². The third kappa shape index (κ3) is 5.74. The maximum atomic E-state index is 13.2. The Kier molecular flexibility index (Phi) is 7.85. The Labute approximate surface area is 113 Å². The first-order valence-electron chi connectivity index (χ1n) is 6.38. The zero-order chi connectivity index (χ0) is 13.2. The van der Waals surface area contributed by atoms with Gasteiger partial charge < -0.3 is 10.1 Å².